The van der Waals surface area contributed by atoms with Gasteiger partial charge < -0.3 is 10.2 Å². The lowest BCUT2D eigenvalue weighted by molar-refractivity contribution is 0.0981. The molecule has 0 spiro atoms. The molecule has 7 heteroatoms. The van der Waals surface area contributed by atoms with E-state index in [1.54, 1.807) is 11.0 Å². The summed E-state index contributed by atoms with van der Waals surface area (Å²) in [6.07, 6.45) is 2.16. The van der Waals surface area contributed by atoms with Crippen LogP contribution in [0.15, 0.2) is 54.7 Å². The van der Waals surface area contributed by atoms with Crippen molar-refractivity contribution in [3.05, 3.63) is 83.3 Å². The van der Waals surface area contributed by atoms with E-state index >= 15 is 0 Å². The topological polar surface area (TPSA) is 45.2 Å². The van der Waals surface area contributed by atoms with Crippen molar-refractivity contribution in [2.75, 3.05) is 10.2 Å². The van der Waals surface area contributed by atoms with Gasteiger partial charge >= 0.3 is 0 Å². The minimum absolute atomic E-state index is 0.00175. The van der Waals surface area contributed by atoms with Crippen molar-refractivity contribution in [2.24, 2.45) is 0 Å². The molecule has 4 rings (SSSR count). The first-order valence-corrected chi connectivity index (χ1v) is 8.73. The monoisotopic (exact) mass is 383 g/mol. The van der Waals surface area contributed by atoms with Crippen LogP contribution in [0.1, 0.15) is 22.8 Å². The Morgan fingerprint density at radius 3 is 2.71 bits per heavy atom. The molecule has 0 radical (unpaired) electrons. The number of benzene rings is 2. The molecule has 2 heterocycles. The van der Waals surface area contributed by atoms with Gasteiger partial charge in [0.05, 0.1) is 5.69 Å². The first-order chi connectivity index (χ1) is 13.5. The molecule has 1 N–H and O–H groups in total. The third kappa shape index (κ3) is 3.09. The number of rotatable bonds is 3. The summed E-state index contributed by atoms with van der Waals surface area (Å²) < 4.78 is 40.4. The number of carbonyl (C=O) groups is 1. The van der Waals surface area contributed by atoms with Crippen LogP contribution < -0.4 is 10.2 Å². The molecule has 1 aliphatic rings. The minimum atomic E-state index is -1.57. The average Bonchev–Trinajstić information content (AvgIpc) is 3.04. The van der Waals surface area contributed by atoms with Gasteiger partial charge in [0.25, 0.3) is 5.91 Å². The maximum absolute atomic E-state index is 13.9. The van der Waals surface area contributed by atoms with Crippen LogP contribution in [0.5, 0.6) is 0 Å². The summed E-state index contributed by atoms with van der Waals surface area (Å²) in [6, 6.07) is 12.6. The highest BCUT2D eigenvalue weighted by atomic mass is 19.2. The van der Waals surface area contributed by atoms with Crippen LogP contribution in [0, 0.1) is 17.5 Å². The molecular weight excluding hydrogens is 367 g/mol. The lowest BCUT2D eigenvalue weighted by Gasteiger charge is -2.23. The van der Waals surface area contributed by atoms with Gasteiger partial charge in [-0.15, -0.1) is 0 Å². The summed E-state index contributed by atoms with van der Waals surface area (Å²) in [7, 11) is 0. The maximum Gasteiger partial charge on any atom is 0.258 e. The van der Waals surface area contributed by atoms with E-state index in [2.05, 4.69) is 10.3 Å². The van der Waals surface area contributed by atoms with Gasteiger partial charge in [-0.3, -0.25) is 4.79 Å². The Kier molecular flexibility index (Phi) is 4.50. The molecule has 1 unspecified atom stereocenters. The Morgan fingerprint density at radius 1 is 1.11 bits per heavy atom. The van der Waals surface area contributed by atoms with Gasteiger partial charge in [-0.25, -0.2) is 18.2 Å². The summed E-state index contributed by atoms with van der Waals surface area (Å²) >= 11 is 0. The van der Waals surface area contributed by atoms with Crippen molar-refractivity contribution in [3.8, 4) is 0 Å². The number of amides is 1. The van der Waals surface area contributed by atoms with Crippen LogP contribution in [-0.4, -0.2) is 16.9 Å². The number of fused-ring (bicyclic) bond motifs is 1. The highest BCUT2D eigenvalue weighted by Crippen LogP contribution is 2.33. The number of anilines is 3. The molecule has 3 aromatic rings. The maximum atomic E-state index is 13.9. The standard InChI is InChI=1S/C21H16F3N3O/c1-12-10-13-4-2-3-5-17(13)27(12)21(28)14-8-9-25-18(11-14)26-16-7-6-15(22)19(23)20(16)24/h2-9,11-12H,10H2,1H3,(H,25,26). The molecule has 1 atom stereocenters. The quantitative estimate of drug-likeness (QED) is 0.659. The zero-order valence-electron chi connectivity index (χ0n) is 14.9. The van der Waals surface area contributed by atoms with Crippen molar-refractivity contribution < 1.29 is 18.0 Å². The smallest absolute Gasteiger partial charge is 0.258 e. The van der Waals surface area contributed by atoms with Crippen molar-refractivity contribution >= 4 is 23.1 Å². The van der Waals surface area contributed by atoms with Gasteiger partial charge in [0.2, 0.25) is 0 Å². The zero-order chi connectivity index (χ0) is 19.8. The summed E-state index contributed by atoms with van der Waals surface area (Å²) in [5.74, 6) is -4.26. The number of carbonyl (C=O) groups excluding carboxylic acids is 1. The fraction of sp³-hybridized carbons (Fsp3) is 0.143. The number of hydrogen-bond donors (Lipinski definition) is 1. The molecule has 0 aliphatic carbocycles. The van der Waals surface area contributed by atoms with E-state index in [-0.39, 0.29) is 23.5 Å². The van der Waals surface area contributed by atoms with E-state index in [9.17, 15) is 18.0 Å². The van der Waals surface area contributed by atoms with E-state index in [0.29, 0.717) is 5.56 Å². The van der Waals surface area contributed by atoms with Crippen molar-refractivity contribution in [3.63, 3.8) is 0 Å². The van der Waals surface area contributed by atoms with Crippen molar-refractivity contribution in [1.82, 2.24) is 4.98 Å². The average molecular weight is 383 g/mol. The predicted octanol–water partition coefficient (Wildman–Crippen LogP) is 4.83. The lowest BCUT2D eigenvalue weighted by Crippen LogP contribution is -2.35. The predicted molar refractivity (Wildman–Crippen MR) is 100 cm³/mol. The number of halogens is 3. The van der Waals surface area contributed by atoms with Gasteiger partial charge in [-0.05, 0) is 49.2 Å². The van der Waals surface area contributed by atoms with Crippen molar-refractivity contribution in [1.29, 1.82) is 0 Å². The summed E-state index contributed by atoms with van der Waals surface area (Å²) in [5, 5.41) is 2.59. The number of aromatic nitrogens is 1. The largest absolute Gasteiger partial charge is 0.338 e. The Balaban J connectivity index is 1.63. The van der Waals surface area contributed by atoms with E-state index < -0.39 is 17.5 Å². The van der Waals surface area contributed by atoms with Gasteiger partial charge in [-0.2, -0.15) is 0 Å². The first-order valence-electron chi connectivity index (χ1n) is 8.73. The molecule has 1 aromatic heterocycles. The summed E-state index contributed by atoms with van der Waals surface area (Å²) in [4.78, 5) is 18.8. The molecule has 2 aromatic carbocycles. The molecule has 1 amide bonds. The van der Waals surface area contributed by atoms with E-state index in [0.717, 1.165) is 29.8 Å². The molecule has 142 valence electrons. The van der Waals surface area contributed by atoms with Gasteiger partial charge in [0.1, 0.15) is 5.82 Å². The number of nitrogens with one attached hydrogen (secondary N) is 1. The van der Waals surface area contributed by atoms with Gasteiger partial charge in [-0.1, -0.05) is 18.2 Å². The fourth-order valence-electron chi connectivity index (χ4n) is 3.41. The van der Waals surface area contributed by atoms with Crippen LogP contribution in [0.3, 0.4) is 0 Å². The Labute approximate surface area is 159 Å². The SMILES string of the molecule is CC1Cc2ccccc2N1C(=O)c1ccnc(Nc2ccc(F)c(F)c2F)c1. The van der Waals surface area contributed by atoms with Crippen LogP contribution >= 0.6 is 0 Å². The third-order valence-electron chi connectivity index (χ3n) is 4.73. The summed E-state index contributed by atoms with van der Waals surface area (Å²) in [6.45, 7) is 1.97. The second-order valence-electron chi connectivity index (χ2n) is 6.63. The van der Waals surface area contributed by atoms with Gasteiger partial charge in [0.15, 0.2) is 17.5 Å². The Hall–Kier alpha value is -3.35. The third-order valence-corrected chi connectivity index (χ3v) is 4.73. The summed E-state index contributed by atoms with van der Waals surface area (Å²) in [5.41, 5.74) is 2.04. The molecule has 1 aliphatic heterocycles. The number of para-hydroxylation sites is 1. The Morgan fingerprint density at radius 2 is 1.89 bits per heavy atom. The Bertz CT molecular complexity index is 1070. The molecular formula is C21H16F3N3O. The number of nitrogens with zero attached hydrogens (tertiary/aromatic N) is 2. The molecule has 0 saturated carbocycles. The van der Waals surface area contributed by atoms with E-state index in [1.807, 2.05) is 31.2 Å². The highest BCUT2D eigenvalue weighted by molar-refractivity contribution is 6.08. The number of pyridine rings is 1. The second-order valence-corrected chi connectivity index (χ2v) is 6.63. The normalized spacial score (nSPS) is 15.4. The van der Waals surface area contributed by atoms with Crippen LogP contribution in [0.2, 0.25) is 0 Å². The number of hydrogen-bond acceptors (Lipinski definition) is 3. The molecule has 0 fully saturated rings. The highest BCUT2D eigenvalue weighted by Gasteiger charge is 2.31. The van der Waals surface area contributed by atoms with Crippen LogP contribution in [0.4, 0.5) is 30.4 Å². The lowest BCUT2D eigenvalue weighted by atomic mass is 10.1. The molecule has 28 heavy (non-hydrogen) atoms. The minimum Gasteiger partial charge on any atom is -0.338 e. The van der Waals surface area contributed by atoms with Gasteiger partial charge in [0, 0.05) is 23.5 Å². The van der Waals surface area contributed by atoms with E-state index in [1.165, 1.54) is 12.3 Å². The zero-order valence-corrected chi connectivity index (χ0v) is 14.9. The molecule has 4 nitrogen and oxygen atoms in total. The fourth-order valence-corrected chi connectivity index (χ4v) is 3.41. The second kappa shape index (κ2) is 6.99. The van der Waals surface area contributed by atoms with Crippen LogP contribution in [0.25, 0.3) is 0 Å². The van der Waals surface area contributed by atoms with Crippen LogP contribution in [-0.2, 0) is 6.42 Å². The van der Waals surface area contributed by atoms with Crippen molar-refractivity contribution in [2.45, 2.75) is 19.4 Å². The molecule has 0 saturated heterocycles. The van der Waals surface area contributed by atoms with E-state index in [4.69, 9.17) is 0 Å². The molecule has 0 bridgehead atoms. The first kappa shape index (κ1) is 18.0.